The van der Waals surface area contributed by atoms with Gasteiger partial charge in [-0.15, -0.1) is 0 Å². The quantitative estimate of drug-likeness (QED) is 0.716. The maximum absolute atomic E-state index is 5.59. The van der Waals surface area contributed by atoms with Crippen molar-refractivity contribution in [2.45, 2.75) is 6.54 Å². The minimum absolute atomic E-state index is 0.861. The lowest BCUT2D eigenvalue weighted by molar-refractivity contribution is 0.366. The van der Waals surface area contributed by atoms with Crippen LogP contribution < -0.4 is 9.64 Å². The van der Waals surface area contributed by atoms with Crippen molar-refractivity contribution in [3.8, 4) is 5.75 Å². The number of rotatable bonds is 1. The van der Waals surface area contributed by atoms with Crippen molar-refractivity contribution in [1.29, 1.82) is 0 Å². The average Bonchev–Trinajstić information content (AvgIpc) is 2.39. The van der Waals surface area contributed by atoms with Crippen molar-refractivity contribution in [1.82, 2.24) is 0 Å². The first-order chi connectivity index (χ1) is 7.93. The van der Waals surface area contributed by atoms with E-state index in [0.29, 0.717) is 0 Å². The van der Waals surface area contributed by atoms with Gasteiger partial charge in [-0.25, -0.2) is 0 Å². The molecule has 2 aromatic carbocycles. The molecule has 0 amide bonds. The second-order valence-corrected chi connectivity index (χ2v) is 3.79. The summed E-state index contributed by atoms with van der Waals surface area (Å²) < 4.78 is 5.59. The maximum atomic E-state index is 5.59. The Labute approximate surface area is 95.1 Å². The van der Waals surface area contributed by atoms with E-state index in [1.807, 2.05) is 36.4 Å². The van der Waals surface area contributed by atoms with Gasteiger partial charge in [-0.3, -0.25) is 0 Å². The molecular formula is C14H12NO. The molecule has 1 radical (unpaired) electrons. The summed E-state index contributed by atoms with van der Waals surface area (Å²) in [5.41, 5.74) is 2.37. The van der Waals surface area contributed by atoms with Gasteiger partial charge in [0, 0.05) is 11.3 Å². The molecule has 0 N–H and O–H groups in total. The molecule has 0 bridgehead atoms. The minimum Gasteiger partial charge on any atom is -0.464 e. The van der Waals surface area contributed by atoms with Crippen molar-refractivity contribution in [2.75, 3.05) is 4.90 Å². The average molecular weight is 210 g/mol. The van der Waals surface area contributed by atoms with E-state index in [-0.39, 0.29) is 0 Å². The molecule has 0 saturated heterocycles. The molecule has 2 aromatic rings. The zero-order valence-electron chi connectivity index (χ0n) is 8.84. The predicted molar refractivity (Wildman–Crippen MR) is 64.0 cm³/mol. The van der Waals surface area contributed by atoms with Crippen LogP contribution in [0.2, 0.25) is 0 Å². The number of benzene rings is 2. The van der Waals surface area contributed by atoms with Crippen LogP contribution in [-0.4, -0.2) is 0 Å². The number of ether oxygens (including phenoxy) is 1. The Morgan fingerprint density at radius 3 is 2.50 bits per heavy atom. The first kappa shape index (κ1) is 9.28. The fourth-order valence-electron chi connectivity index (χ4n) is 1.86. The van der Waals surface area contributed by atoms with Crippen LogP contribution in [0.5, 0.6) is 5.75 Å². The van der Waals surface area contributed by atoms with Crippen LogP contribution in [-0.2, 0) is 6.54 Å². The highest BCUT2D eigenvalue weighted by Crippen LogP contribution is 2.29. The van der Waals surface area contributed by atoms with Crippen molar-refractivity contribution in [3.05, 3.63) is 66.9 Å². The summed E-state index contributed by atoms with van der Waals surface area (Å²) in [5.74, 6) is 0.953. The van der Waals surface area contributed by atoms with E-state index >= 15 is 0 Å². The molecule has 1 aliphatic rings. The molecule has 0 saturated carbocycles. The highest BCUT2D eigenvalue weighted by atomic mass is 16.5. The number of nitrogens with zero attached hydrogens (tertiary/aromatic N) is 1. The van der Waals surface area contributed by atoms with Gasteiger partial charge in [0.15, 0.2) is 0 Å². The van der Waals surface area contributed by atoms with Gasteiger partial charge in [-0.1, -0.05) is 36.4 Å². The summed E-state index contributed by atoms with van der Waals surface area (Å²) in [6.45, 7) is 2.64. The molecule has 16 heavy (non-hydrogen) atoms. The summed E-state index contributed by atoms with van der Waals surface area (Å²) >= 11 is 0. The van der Waals surface area contributed by atoms with E-state index in [9.17, 15) is 0 Å². The molecule has 0 spiro atoms. The normalized spacial score (nSPS) is 14.1. The van der Waals surface area contributed by atoms with Crippen molar-refractivity contribution in [3.63, 3.8) is 0 Å². The van der Waals surface area contributed by atoms with Gasteiger partial charge in [-0.2, -0.15) is 0 Å². The van der Waals surface area contributed by atoms with Crippen LogP contribution in [0.3, 0.4) is 0 Å². The first-order valence-electron chi connectivity index (χ1n) is 5.33. The number of para-hydroxylation sites is 2. The summed E-state index contributed by atoms with van der Waals surface area (Å²) in [4.78, 5) is 2.10. The molecule has 2 heteroatoms. The van der Waals surface area contributed by atoms with E-state index in [2.05, 4.69) is 23.1 Å². The van der Waals surface area contributed by atoms with E-state index < -0.39 is 0 Å². The fraction of sp³-hybridized carbons (Fsp3) is 0.0714. The van der Waals surface area contributed by atoms with Crippen molar-refractivity contribution < 1.29 is 4.74 Å². The van der Waals surface area contributed by atoms with Gasteiger partial charge in [0.25, 0.3) is 0 Å². The third kappa shape index (κ3) is 1.63. The zero-order chi connectivity index (χ0) is 10.8. The van der Waals surface area contributed by atoms with Gasteiger partial charge < -0.3 is 9.64 Å². The van der Waals surface area contributed by atoms with Gasteiger partial charge in [0.1, 0.15) is 5.75 Å². The highest BCUT2D eigenvalue weighted by Gasteiger charge is 2.17. The van der Waals surface area contributed by atoms with Crippen LogP contribution in [0.15, 0.2) is 54.6 Å². The Balaban J connectivity index is 1.89. The van der Waals surface area contributed by atoms with E-state index in [4.69, 9.17) is 4.74 Å². The lowest BCUT2D eigenvalue weighted by Gasteiger charge is -2.29. The van der Waals surface area contributed by atoms with Crippen LogP contribution >= 0.6 is 0 Å². The second kappa shape index (κ2) is 3.89. The summed E-state index contributed by atoms with van der Waals surface area (Å²) in [6, 6.07) is 18.4. The SMILES string of the molecule is [CH]1Oc2ccccc2CN1c1ccccc1. The van der Waals surface area contributed by atoms with Crippen molar-refractivity contribution >= 4 is 5.69 Å². The lowest BCUT2D eigenvalue weighted by Crippen LogP contribution is -2.26. The van der Waals surface area contributed by atoms with Crippen LogP contribution in [0, 0.1) is 6.73 Å². The molecule has 79 valence electrons. The van der Waals surface area contributed by atoms with E-state index in [0.717, 1.165) is 18.0 Å². The van der Waals surface area contributed by atoms with E-state index in [1.54, 1.807) is 6.73 Å². The molecular weight excluding hydrogens is 198 g/mol. The highest BCUT2D eigenvalue weighted by molar-refractivity contribution is 5.51. The van der Waals surface area contributed by atoms with Gasteiger partial charge >= 0.3 is 0 Å². The molecule has 3 rings (SSSR count). The molecule has 0 aliphatic carbocycles. The van der Waals surface area contributed by atoms with Crippen LogP contribution in [0.4, 0.5) is 5.69 Å². The fourth-order valence-corrected chi connectivity index (χ4v) is 1.86. The summed E-state index contributed by atoms with van der Waals surface area (Å²) in [6.07, 6.45) is 0. The number of hydrogen-bond acceptors (Lipinski definition) is 2. The van der Waals surface area contributed by atoms with Crippen molar-refractivity contribution in [2.24, 2.45) is 0 Å². The maximum Gasteiger partial charge on any atom is 0.229 e. The molecule has 1 aliphatic heterocycles. The molecule has 0 atom stereocenters. The Bertz CT molecular complexity index is 481. The van der Waals surface area contributed by atoms with E-state index in [1.165, 1.54) is 5.56 Å². The van der Waals surface area contributed by atoms with Crippen LogP contribution in [0.25, 0.3) is 0 Å². The third-order valence-electron chi connectivity index (χ3n) is 2.71. The summed E-state index contributed by atoms with van der Waals surface area (Å²) in [5, 5.41) is 0. The molecule has 0 unspecified atom stereocenters. The smallest absolute Gasteiger partial charge is 0.229 e. The van der Waals surface area contributed by atoms with Gasteiger partial charge in [0.05, 0.1) is 6.54 Å². The third-order valence-corrected chi connectivity index (χ3v) is 2.71. The Morgan fingerprint density at radius 1 is 0.875 bits per heavy atom. The second-order valence-electron chi connectivity index (χ2n) is 3.79. The number of hydrogen-bond donors (Lipinski definition) is 0. The molecule has 0 fully saturated rings. The zero-order valence-corrected chi connectivity index (χ0v) is 8.84. The Hall–Kier alpha value is -1.96. The monoisotopic (exact) mass is 210 g/mol. The first-order valence-corrected chi connectivity index (χ1v) is 5.33. The summed E-state index contributed by atoms with van der Waals surface area (Å²) in [7, 11) is 0. The predicted octanol–water partition coefficient (Wildman–Crippen LogP) is 3.20. The Kier molecular flexibility index (Phi) is 2.26. The van der Waals surface area contributed by atoms with Gasteiger partial charge in [0.2, 0.25) is 6.73 Å². The molecule has 1 heterocycles. The van der Waals surface area contributed by atoms with Gasteiger partial charge in [-0.05, 0) is 18.2 Å². The lowest BCUT2D eigenvalue weighted by atomic mass is 10.1. The molecule has 2 nitrogen and oxygen atoms in total. The largest absolute Gasteiger partial charge is 0.464 e. The molecule has 0 aromatic heterocycles. The topological polar surface area (TPSA) is 12.5 Å². The number of anilines is 1. The van der Waals surface area contributed by atoms with Crippen LogP contribution in [0.1, 0.15) is 5.56 Å². The minimum atomic E-state index is 0.861. The Morgan fingerprint density at radius 2 is 1.62 bits per heavy atom. The standard InChI is InChI=1S/C14H12NO/c1-2-7-13(8-3-1)15-10-12-6-4-5-9-14(12)16-11-15/h1-9,11H,10H2. The number of fused-ring (bicyclic) bond motifs is 1.